The van der Waals surface area contributed by atoms with E-state index in [-0.39, 0.29) is 5.82 Å². The number of likely N-dealkylation sites (tertiary alicyclic amines) is 1. The van der Waals surface area contributed by atoms with Crippen molar-refractivity contribution in [1.82, 2.24) is 4.90 Å². The van der Waals surface area contributed by atoms with Gasteiger partial charge in [0.1, 0.15) is 0 Å². The van der Waals surface area contributed by atoms with E-state index in [1.165, 1.54) is 12.8 Å². The fraction of sp³-hybridized carbons (Fsp3) is 0.600. The lowest BCUT2D eigenvalue weighted by Gasteiger charge is -2.32. The maximum atomic E-state index is 14.4. The van der Waals surface area contributed by atoms with E-state index in [4.69, 9.17) is 5.73 Å². The van der Waals surface area contributed by atoms with Crippen LogP contribution < -0.4 is 10.6 Å². The van der Waals surface area contributed by atoms with Gasteiger partial charge in [-0.05, 0) is 66.5 Å². The van der Waals surface area contributed by atoms with Crippen molar-refractivity contribution in [3.63, 3.8) is 0 Å². The number of nitrogens with two attached hydrogens (primary N) is 1. The number of rotatable bonds is 4. The summed E-state index contributed by atoms with van der Waals surface area (Å²) in [5, 5.41) is 0. The molecule has 2 N–H and O–H groups in total. The van der Waals surface area contributed by atoms with Crippen molar-refractivity contribution >= 4 is 21.6 Å². The van der Waals surface area contributed by atoms with E-state index >= 15 is 0 Å². The van der Waals surface area contributed by atoms with E-state index in [1.54, 1.807) is 0 Å². The van der Waals surface area contributed by atoms with Gasteiger partial charge in [-0.15, -0.1) is 0 Å². The molecular formula is C15H23BrFN3. The zero-order valence-corrected chi connectivity index (χ0v) is 13.8. The molecule has 1 aliphatic rings. The van der Waals surface area contributed by atoms with Crippen LogP contribution >= 0.6 is 15.9 Å². The molecule has 0 bridgehead atoms. The van der Waals surface area contributed by atoms with Crippen LogP contribution in [0.4, 0.5) is 10.1 Å². The number of anilines is 1. The first-order valence-electron chi connectivity index (χ1n) is 7.09. The highest BCUT2D eigenvalue weighted by Gasteiger charge is 2.20. The van der Waals surface area contributed by atoms with Gasteiger partial charge < -0.3 is 15.5 Å². The van der Waals surface area contributed by atoms with Crippen molar-refractivity contribution in [2.24, 2.45) is 11.7 Å². The van der Waals surface area contributed by atoms with Crippen LogP contribution in [0.1, 0.15) is 18.4 Å². The molecule has 5 heteroatoms. The fourth-order valence-electron chi connectivity index (χ4n) is 2.76. The molecule has 0 aliphatic carbocycles. The Balaban J connectivity index is 2.06. The Hall–Kier alpha value is -0.650. The van der Waals surface area contributed by atoms with Gasteiger partial charge in [0.2, 0.25) is 0 Å². The molecule has 0 unspecified atom stereocenters. The Morgan fingerprint density at radius 1 is 1.40 bits per heavy atom. The molecule has 20 heavy (non-hydrogen) atoms. The number of halogens is 2. The summed E-state index contributed by atoms with van der Waals surface area (Å²) >= 11 is 3.30. The highest BCUT2D eigenvalue weighted by atomic mass is 79.9. The van der Waals surface area contributed by atoms with Gasteiger partial charge in [-0.1, -0.05) is 6.07 Å². The molecule has 1 aliphatic heterocycles. The molecule has 0 aromatic heterocycles. The molecule has 1 saturated heterocycles. The van der Waals surface area contributed by atoms with Crippen LogP contribution in [0.15, 0.2) is 16.6 Å². The molecule has 0 saturated carbocycles. The van der Waals surface area contributed by atoms with Gasteiger partial charge in [0.05, 0.1) is 10.2 Å². The van der Waals surface area contributed by atoms with E-state index in [9.17, 15) is 4.39 Å². The predicted octanol–water partition coefficient (Wildman–Crippen LogP) is 2.82. The highest BCUT2D eigenvalue weighted by molar-refractivity contribution is 9.10. The van der Waals surface area contributed by atoms with Gasteiger partial charge in [-0.2, -0.15) is 0 Å². The van der Waals surface area contributed by atoms with Crippen molar-refractivity contribution in [3.05, 3.63) is 28.0 Å². The van der Waals surface area contributed by atoms with Crippen molar-refractivity contribution in [1.29, 1.82) is 0 Å². The van der Waals surface area contributed by atoms with E-state index in [0.717, 1.165) is 25.2 Å². The molecule has 0 spiro atoms. The summed E-state index contributed by atoms with van der Waals surface area (Å²) in [5.74, 6) is 0.437. The van der Waals surface area contributed by atoms with E-state index in [2.05, 4.69) is 27.9 Å². The first kappa shape index (κ1) is 15.7. The summed E-state index contributed by atoms with van der Waals surface area (Å²) in [6.07, 6.45) is 2.37. The van der Waals surface area contributed by atoms with Gasteiger partial charge in [-0.25, -0.2) is 4.39 Å². The molecule has 3 nitrogen and oxygen atoms in total. The Morgan fingerprint density at radius 2 is 2.05 bits per heavy atom. The quantitative estimate of drug-likeness (QED) is 0.912. The number of piperidine rings is 1. The van der Waals surface area contributed by atoms with E-state index in [1.807, 2.05) is 24.1 Å². The summed E-state index contributed by atoms with van der Waals surface area (Å²) < 4.78 is 14.9. The maximum Gasteiger partial charge on any atom is 0.160 e. The fourth-order valence-corrected chi connectivity index (χ4v) is 3.26. The van der Waals surface area contributed by atoms with Crippen LogP contribution in [0, 0.1) is 11.7 Å². The number of hydrogen-bond acceptors (Lipinski definition) is 3. The van der Waals surface area contributed by atoms with Crippen LogP contribution in [-0.2, 0) is 6.54 Å². The van der Waals surface area contributed by atoms with Crippen molar-refractivity contribution in [3.8, 4) is 0 Å². The molecule has 1 fully saturated rings. The van der Waals surface area contributed by atoms with Gasteiger partial charge >= 0.3 is 0 Å². The predicted molar refractivity (Wildman–Crippen MR) is 85.5 cm³/mol. The SMILES string of the molecule is CN1CCC(CN(C)c2ccc(CN)c(Br)c2F)CC1. The molecule has 1 heterocycles. The lowest BCUT2D eigenvalue weighted by atomic mass is 9.96. The van der Waals surface area contributed by atoms with Gasteiger partial charge in [0.15, 0.2) is 5.82 Å². The summed E-state index contributed by atoms with van der Waals surface area (Å²) in [7, 11) is 4.12. The monoisotopic (exact) mass is 343 g/mol. The smallest absolute Gasteiger partial charge is 0.160 e. The zero-order valence-electron chi connectivity index (χ0n) is 12.2. The molecule has 2 rings (SSSR count). The standard InChI is InChI=1S/C15H23BrFN3/c1-19-7-5-11(6-8-19)10-20(2)13-4-3-12(9-18)14(16)15(13)17/h3-4,11H,5-10,18H2,1-2H3. The minimum atomic E-state index is -0.205. The van der Waals surface area contributed by atoms with Gasteiger partial charge in [-0.3, -0.25) is 0 Å². The Bertz CT molecular complexity index is 459. The highest BCUT2D eigenvalue weighted by Crippen LogP contribution is 2.30. The van der Waals surface area contributed by atoms with Gasteiger partial charge in [0.25, 0.3) is 0 Å². The minimum absolute atomic E-state index is 0.205. The number of benzene rings is 1. The Kier molecular flexibility index (Phi) is 5.41. The maximum absolute atomic E-state index is 14.4. The molecule has 1 aromatic rings. The third-order valence-corrected chi connectivity index (χ3v) is 5.00. The largest absolute Gasteiger partial charge is 0.372 e. The molecule has 1 aromatic carbocycles. The second kappa shape index (κ2) is 6.87. The van der Waals surface area contributed by atoms with Crippen LogP contribution in [-0.4, -0.2) is 38.6 Å². The average molecular weight is 344 g/mol. The van der Waals surface area contributed by atoms with Crippen LogP contribution in [0.2, 0.25) is 0 Å². The summed E-state index contributed by atoms with van der Waals surface area (Å²) in [6, 6.07) is 3.73. The third-order valence-electron chi connectivity index (χ3n) is 4.14. The topological polar surface area (TPSA) is 32.5 Å². The molecule has 0 atom stereocenters. The first-order chi connectivity index (χ1) is 9.52. The Labute approximate surface area is 129 Å². The second-order valence-corrected chi connectivity index (χ2v) is 6.50. The normalized spacial score (nSPS) is 17.4. The van der Waals surface area contributed by atoms with E-state index < -0.39 is 0 Å². The van der Waals surface area contributed by atoms with Crippen molar-refractivity contribution < 1.29 is 4.39 Å². The molecule has 112 valence electrons. The average Bonchev–Trinajstić information content (AvgIpc) is 2.44. The molecule has 0 amide bonds. The summed E-state index contributed by atoms with van der Waals surface area (Å²) in [4.78, 5) is 4.38. The number of nitrogens with zero attached hydrogens (tertiary/aromatic N) is 2. The van der Waals surface area contributed by atoms with Crippen LogP contribution in [0.25, 0.3) is 0 Å². The molecular weight excluding hydrogens is 321 g/mol. The number of hydrogen-bond donors (Lipinski definition) is 1. The Morgan fingerprint density at radius 3 is 2.65 bits per heavy atom. The lowest BCUT2D eigenvalue weighted by molar-refractivity contribution is 0.222. The minimum Gasteiger partial charge on any atom is -0.372 e. The molecule has 0 radical (unpaired) electrons. The zero-order chi connectivity index (χ0) is 14.7. The van der Waals surface area contributed by atoms with Crippen LogP contribution in [0.5, 0.6) is 0 Å². The van der Waals surface area contributed by atoms with Crippen LogP contribution in [0.3, 0.4) is 0 Å². The summed E-state index contributed by atoms with van der Waals surface area (Å²) in [5.41, 5.74) is 7.04. The van der Waals surface area contributed by atoms with E-state index in [0.29, 0.717) is 22.6 Å². The lowest BCUT2D eigenvalue weighted by Crippen LogP contribution is -2.36. The summed E-state index contributed by atoms with van der Waals surface area (Å²) in [6.45, 7) is 3.52. The third kappa shape index (κ3) is 3.51. The second-order valence-electron chi connectivity index (χ2n) is 5.70. The van der Waals surface area contributed by atoms with Crippen molar-refractivity contribution in [2.45, 2.75) is 19.4 Å². The van der Waals surface area contributed by atoms with Crippen molar-refractivity contribution in [2.75, 3.05) is 38.6 Å². The van der Waals surface area contributed by atoms with Gasteiger partial charge in [0, 0.05) is 20.1 Å². The first-order valence-corrected chi connectivity index (χ1v) is 7.88.